The van der Waals surface area contributed by atoms with Crippen LogP contribution in [-0.4, -0.2) is 28.1 Å². The van der Waals surface area contributed by atoms with Crippen LogP contribution in [0.25, 0.3) is 0 Å². The normalized spacial score (nSPS) is 11.1. The Hall–Kier alpha value is -1.23. The smallest absolute Gasteiger partial charge is 0.0897 e. The second-order valence-electron chi connectivity index (χ2n) is 4.28. The quantitative estimate of drug-likeness (QED) is 0.868. The molecule has 2 aromatic rings. The van der Waals surface area contributed by atoms with Crippen molar-refractivity contribution in [3.63, 3.8) is 0 Å². The van der Waals surface area contributed by atoms with Crippen molar-refractivity contribution in [2.75, 3.05) is 13.2 Å². The number of thiazole rings is 1. The summed E-state index contributed by atoms with van der Waals surface area (Å²) in [4.78, 5) is 6.68. The van der Waals surface area contributed by atoms with Crippen LogP contribution in [0.2, 0.25) is 0 Å². The lowest BCUT2D eigenvalue weighted by molar-refractivity contribution is 0.183. The number of aliphatic hydroxyl groups is 1. The van der Waals surface area contributed by atoms with Gasteiger partial charge in [-0.3, -0.25) is 4.90 Å². The highest BCUT2D eigenvalue weighted by Crippen LogP contribution is 2.12. The lowest BCUT2D eigenvalue weighted by atomic mass is 10.2. The highest BCUT2D eigenvalue weighted by atomic mass is 32.1. The van der Waals surface area contributed by atoms with E-state index in [4.69, 9.17) is 5.11 Å². The van der Waals surface area contributed by atoms with Crippen LogP contribution < -0.4 is 0 Å². The summed E-state index contributed by atoms with van der Waals surface area (Å²) >= 11 is 1.67. The second kappa shape index (κ2) is 6.64. The molecule has 1 aromatic heterocycles. The Bertz CT molecular complexity index is 470. The minimum atomic E-state index is 0.177. The maximum absolute atomic E-state index is 9.14. The average Bonchev–Trinajstić information content (AvgIpc) is 2.76. The predicted molar refractivity (Wildman–Crippen MR) is 74.5 cm³/mol. The van der Waals surface area contributed by atoms with E-state index in [1.54, 1.807) is 11.3 Å². The maximum Gasteiger partial charge on any atom is 0.0897 e. The van der Waals surface area contributed by atoms with Gasteiger partial charge in [-0.05, 0) is 12.5 Å². The Morgan fingerprint density at radius 1 is 1.22 bits per heavy atom. The van der Waals surface area contributed by atoms with Crippen molar-refractivity contribution in [2.24, 2.45) is 0 Å². The summed E-state index contributed by atoms with van der Waals surface area (Å²) in [6.07, 6.45) is 0. The molecular formula is C14H18N2OS. The van der Waals surface area contributed by atoms with Crippen LogP contribution in [0.5, 0.6) is 0 Å². The molecule has 0 saturated carbocycles. The topological polar surface area (TPSA) is 36.4 Å². The van der Waals surface area contributed by atoms with E-state index in [0.717, 1.165) is 23.8 Å². The highest BCUT2D eigenvalue weighted by Gasteiger charge is 2.08. The number of hydrogen-bond acceptors (Lipinski definition) is 4. The van der Waals surface area contributed by atoms with Gasteiger partial charge in [0.05, 0.1) is 17.3 Å². The van der Waals surface area contributed by atoms with Crippen LogP contribution in [0, 0.1) is 6.92 Å². The third kappa shape index (κ3) is 3.91. The molecular weight excluding hydrogens is 244 g/mol. The SMILES string of the molecule is Cc1nc(CN(CCO)Cc2ccccc2)cs1. The van der Waals surface area contributed by atoms with E-state index in [-0.39, 0.29) is 6.61 Å². The van der Waals surface area contributed by atoms with Crippen molar-refractivity contribution in [3.8, 4) is 0 Å². The van der Waals surface area contributed by atoms with Crippen molar-refractivity contribution in [2.45, 2.75) is 20.0 Å². The summed E-state index contributed by atoms with van der Waals surface area (Å²) in [5, 5.41) is 12.3. The number of hydrogen-bond donors (Lipinski definition) is 1. The number of benzene rings is 1. The number of aryl methyl sites for hydroxylation is 1. The molecule has 1 N–H and O–H groups in total. The van der Waals surface area contributed by atoms with Crippen LogP contribution in [0.4, 0.5) is 0 Å². The molecule has 0 fully saturated rings. The third-order valence-corrected chi connectivity index (χ3v) is 3.54. The predicted octanol–water partition coefficient (Wildman–Crippen LogP) is 2.45. The first-order chi connectivity index (χ1) is 8.78. The molecule has 0 saturated heterocycles. The number of nitrogens with zero attached hydrogens (tertiary/aromatic N) is 2. The van der Waals surface area contributed by atoms with Gasteiger partial charge in [-0.2, -0.15) is 0 Å². The number of aromatic nitrogens is 1. The summed E-state index contributed by atoms with van der Waals surface area (Å²) in [5.41, 5.74) is 2.35. The van der Waals surface area contributed by atoms with Gasteiger partial charge < -0.3 is 5.11 Å². The van der Waals surface area contributed by atoms with Gasteiger partial charge in [0.1, 0.15) is 0 Å². The van der Waals surface area contributed by atoms with Gasteiger partial charge in [0.2, 0.25) is 0 Å². The highest BCUT2D eigenvalue weighted by molar-refractivity contribution is 7.09. The fourth-order valence-electron chi connectivity index (χ4n) is 1.91. The van der Waals surface area contributed by atoms with Crippen molar-refractivity contribution < 1.29 is 5.11 Å². The molecule has 3 nitrogen and oxygen atoms in total. The fourth-order valence-corrected chi connectivity index (χ4v) is 2.51. The average molecular weight is 262 g/mol. The van der Waals surface area contributed by atoms with E-state index in [9.17, 15) is 0 Å². The van der Waals surface area contributed by atoms with Crippen molar-refractivity contribution >= 4 is 11.3 Å². The molecule has 2 rings (SSSR count). The van der Waals surface area contributed by atoms with E-state index < -0.39 is 0 Å². The number of aliphatic hydroxyl groups excluding tert-OH is 1. The number of rotatable bonds is 6. The Morgan fingerprint density at radius 2 is 2.00 bits per heavy atom. The van der Waals surface area contributed by atoms with Crippen molar-refractivity contribution in [3.05, 3.63) is 52.0 Å². The molecule has 0 unspecified atom stereocenters. The van der Waals surface area contributed by atoms with Crippen LogP contribution in [-0.2, 0) is 13.1 Å². The first-order valence-corrected chi connectivity index (χ1v) is 6.94. The molecule has 18 heavy (non-hydrogen) atoms. The van der Waals surface area contributed by atoms with Gasteiger partial charge in [-0.15, -0.1) is 11.3 Å². The first-order valence-electron chi connectivity index (χ1n) is 6.06. The maximum atomic E-state index is 9.14. The summed E-state index contributed by atoms with van der Waals surface area (Å²) in [6, 6.07) is 10.3. The fraction of sp³-hybridized carbons (Fsp3) is 0.357. The van der Waals surface area contributed by atoms with Gasteiger partial charge >= 0.3 is 0 Å². The molecule has 0 aliphatic rings. The zero-order valence-electron chi connectivity index (χ0n) is 10.5. The Labute approximate surface area is 112 Å². The molecule has 1 aromatic carbocycles. The van der Waals surface area contributed by atoms with Crippen molar-refractivity contribution in [1.29, 1.82) is 0 Å². The zero-order valence-corrected chi connectivity index (χ0v) is 11.4. The summed E-state index contributed by atoms with van der Waals surface area (Å²) in [5.74, 6) is 0. The molecule has 0 bridgehead atoms. The monoisotopic (exact) mass is 262 g/mol. The standard InChI is InChI=1S/C14H18N2OS/c1-12-15-14(11-18-12)10-16(7-8-17)9-13-5-3-2-4-6-13/h2-6,11,17H,7-10H2,1H3. The molecule has 0 radical (unpaired) electrons. The zero-order chi connectivity index (χ0) is 12.8. The molecule has 4 heteroatoms. The minimum absolute atomic E-state index is 0.177. The summed E-state index contributed by atoms with van der Waals surface area (Å²) < 4.78 is 0. The second-order valence-corrected chi connectivity index (χ2v) is 5.34. The van der Waals surface area contributed by atoms with E-state index in [1.807, 2.05) is 25.1 Å². The molecule has 0 spiro atoms. The van der Waals surface area contributed by atoms with Crippen molar-refractivity contribution in [1.82, 2.24) is 9.88 Å². The van der Waals surface area contributed by atoms with Crippen LogP contribution >= 0.6 is 11.3 Å². The van der Waals surface area contributed by atoms with Gasteiger partial charge in [-0.1, -0.05) is 30.3 Å². The van der Waals surface area contributed by atoms with E-state index >= 15 is 0 Å². The largest absolute Gasteiger partial charge is 0.395 e. The van der Waals surface area contributed by atoms with Gasteiger partial charge in [-0.25, -0.2) is 4.98 Å². The van der Waals surface area contributed by atoms with Crippen LogP contribution in [0.1, 0.15) is 16.3 Å². The Balaban J connectivity index is 1.99. The summed E-state index contributed by atoms with van der Waals surface area (Å²) in [7, 11) is 0. The first kappa shape index (κ1) is 13.2. The lowest BCUT2D eigenvalue weighted by Crippen LogP contribution is -2.26. The Kier molecular flexibility index (Phi) is 4.87. The molecule has 0 atom stereocenters. The molecule has 0 amide bonds. The van der Waals surface area contributed by atoms with E-state index in [1.165, 1.54) is 5.56 Å². The van der Waals surface area contributed by atoms with Gasteiger partial charge in [0.15, 0.2) is 0 Å². The van der Waals surface area contributed by atoms with Crippen LogP contribution in [0.3, 0.4) is 0 Å². The molecule has 1 heterocycles. The third-order valence-electron chi connectivity index (χ3n) is 2.72. The van der Waals surface area contributed by atoms with Gasteiger partial charge in [0.25, 0.3) is 0 Å². The lowest BCUT2D eigenvalue weighted by Gasteiger charge is -2.20. The van der Waals surface area contributed by atoms with E-state index in [2.05, 4.69) is 27.4 Å². The minimum Gasteiger partial charge on any atom is -0.395 e. The summed E-state index contributed by atoms with van der Waals surface area (Å²) in [6.45, 7) is 4.50. The Morgan fingerprint density at radius 3 is 2.61 bits per heavy atom. The van der Waals surface area contributed by atoms with Crippen LogP contribution in [0.15, 0.2) is 35.7 Å². The molecule has 0 aliphatic carbocycles. The molecule has 96 valence electrons. The van der Waals surface area contributed by atoms with Gasteiger partial charge in [0, 0.05) is 25.0 Å². The van der Waals surface area contributed by atoms with E-state index in [0.29, 0.717) is 6.54 Å². The molecule has 0 aliphatic heterocycles.